The SMILES string of the molecule is O=S(=O)(NC1CCOC1)c1cnc2cc(Br)ccc2c1Cl. The third-order valence-corrected chi connectivity index (χ3v) is 5.82. The Morgan fingerprint density at radius 1 is 1.43 bits per heavy atom. The first-order valence-electron chi connectivity index (χ1n) is 6.31. The summed E-state index contributed by atoms with van der Waals surface area (Å²) in [5.74, 6) is 0. The molecule has 0 aliphatic carbocycles. The Kier molecular flexibility index (Phi) is 4.20. The molecule has 2 heterocycles. The van der Waals surface area contributed by atoms with E-state index in [0.717, 1.165) is 4.47 Å². The van der Waals surface area contributed by atoms with E-state index in [-0.39, 0.29) is 16.0 Å². The largest absolute Gasteiger partial charge is 0.380 e. The van der Waals surface area contributed by atoms with Crippen molar-refractivity contribution < 1.29 is 13.2 Å². The molecule has 8 heteroatoms. The van der Waals surface area contributed by atoms with E-state index < -0.39 is 10.0 Å². The molecule has 1 fully saturated rings. The van der Waals surface area contributed by atoms with Gasteiger partial charge in [-0.2, -0.15) is 0 Å². The third kappa shape index (κ3) is 3.07. The predicted octanol–water partition coefficient (Wildman–Crippen LogP) is 2.72. The predicted molar refractivity (Wildman–Crippen MR) is 84.0 cm³/mol. The molecule has 21 heavy (non-hydrogen) atoms. The van der Waals surface area contributed by atoms with E-state index >= 15 is 0 Å². The highest BCUT2D eigenvalue weighted by Gasteiger charge is 2.26. The lowest BCUT2D eigenvalue weighted by Gasteiger charge is -2.13. The maximum Gasteiger partial charge on any atom is 0.243 e. The lowest BCUT2D eigenvalue weighted by Crippen LogP contribution is -2.35. The standard InChI is InChI=1S/C13H12BrClN2O3S/c14-8-1-2-10-11(5-8)16-6-12(13(10)15)21(18,19)17-9-3-4-20-7-9/h1-2,5-6,9,17H,3-4,7H2. The van der Waals surface area contributed by atoms with Gasteiger partial charge in [-0.1, -0.05) is 33.6 Å². The van der Waals surface area contributed by atoms with Crippen LogP contribution >= 0.6 is 27.5 Å². The summed E-state index contributed by atoms with van der Waals surface area (Å²) < 4.78 is 33.5. The first-order chi connectivity index (χ1) is 9.97. The second-order valence-corrected chi connectivity index (χ2v) is 7.76. The second kappa shape index (κ2) is 5.81. The lowest BCUT2D eigenvalue weighted by atomic mass is 10.2. The number of rotatable bonds is 3. The average Bonchev–Trinajstić information content (AvgIpc) is 2.90. The summed E-state index contributed by atoms with van der Waals surface area (Å²) >= 11 is 9.60. The van der Waals surface area contributed by atoms with Crippen molar-refractivity contribution in [1.82, 2.24) is 9.71 Å². The topological polar surface area (TPSA) is 68.3 Å². The van der Waals surface area contributed by atoms with Crippen LogP contribution in [0.3, 0.4) is 0 Å². The van der Waals surface area contributed by atoms with Crippen molar-refractivity contribution in [3.8, 4) is 0 Å². The zero-order valence-electron chi connectivity index (χ0n) is 10.8. The van der Waals surface area contributed by atoms with Gasteiger partial charge < -0.3 is 4.74 Å². The van der Waals surface area contributed by atoms with Crippen LogP contribution in [0.15, 0.2) is 33.8 Å². The Balaban J connectivity index is 2.03. The van der Waals surface area contributed by atoms with Gasteiger partial charge in [0, 0.05) is 28.7 Å². The van der Waals surface area contributed by atoms with Gasteiger partial charge in [0.1, 0.15) is 4.90 Å². The lowest BCUT2D eigenvalue weighted by molar-refractivity contribution is 0.192. The first kappa shape index (κ1) is 15.2. The molecule has 1 aromatic carbocycles. The van der Waals surface area contributed by atoms with Crippen molar-refractivity contribution in [2.24, 2.45) is 0 Å². The molecule has 2 aromatic rings. The van der Waals surface area contributed by atoms with Crippen molar-refractivity contribution in [1.29, 1.82) is 0 Å². The molecule has 0 bridgehead atoms. The maximum atomic E-state index is 12.4. The van der Waals surface area contributed by atoms with Crippen LogP contribution < -0.4 is 4.72 Å². The molecule has 1 N–H and O–H groups in total. The normalized spacial score (nSPS) is 19.2. The van der Waals surface area contributed by atoms with Crippen LogP contribution in [0.4, 0.5) is 0 Å². The van der Waals surface area contributed by atoms with Gasteiger partial charge in [-0.25, -0.2) is 13.1 Å². The first-order valence-corrected chi connectivity index (χ1v) is 8.96. The van der Waals surface area contributed by atoms with Gasteiger partial charge in [-0.05, 0) is 18.6 Å². The summed E-state index contributed by atoms with van der Waals surface area (Å²) in [7, 11) is -3.71. The van der Waals surface area contributed by atoms with Gasteiger partial charge in [-0.15, -0.1) is 0 Å². The summed E-state index contributed by atoms with van der Waals surface area (Å²) in [6, 6.07) is 5.11. The van der Waals surface area contributed by atoms with Gasteiger partial charge in [0.2, 0.25) is 10.0 Å². The molecule has 1 aliphatic rings. The highest BCUT2D eigenvalue weighted by atomic mass is 79.9. The number of halogens is 2. The summed E-state index contributed by atoms with van der Waals surface area (Å²) in [5.41, 5.74) is 0.637. The van der Waals surface area contributed by atoms with Crippen LogP contribution in [-0.4, -0.2) is 32.7 Å². The summed E-state index contributed by atoms with van der Waals surface area (Å²) in [6.45, 7) is 0.940. The zero-order chi connectivity index (χ0) is 15.0. The minimum absolute atomic E-state index is 0.00844. The number of aromatic nitrogens is 1. The summed E-state index contributed by atoms with van der Waals surface area (Å²) in [4.78, 5) is 4.17. The van der Waals surface area contributed by atoms with Crippen LogP contribution in [-0.2, 0) is 14.8 Å². The summed E-state index contributed by atoms with van der Waals surface area (Å²) in [6.07, 6.45) is 1.94. The molecule has 0 radical (unpaired) electrons. The molecule has 1 aliphatic heterocycles. The van der Waals surface area contributed by atoms with E-state index in [9.17, 15) is 8.42 Å². The fourth-order valence-corrected chi connectivity index (χ4v) is 4.36. The van der Waals surface area contributed by atoms with Crippen LogP contribution in [0.1, 0.15) is 6.42 Å². The van der Waals surface area contributed by atoms with Crippen molar-refractivity contribution in [2.75, 3.05) is 13.2 Å². The number of fused-ring (bicyclic) bond motifs is 1. The molecule has 3 rings (SSSR count). The molecule has 1 atom stereocenters. The van der Waals surface area contributed by atoms with Gasteiger partial charge >= 0.3 is 0 Å². The van der Waals surface area contributed by atoms with E-state index in [1.807, 2.05) is 0 Å². The molecule has 0 spiro atoms. The van der Waals surface area contributed by atoms with E-state index in [1.165, 1.54) is 6.20 Å². The van der Waals surface area contributed by atoms with Crippen LogP contribution in [0, 0.1) is 0 Å². The quantitative estimate of drug-likeness (QED) is 0.873. The molecule has 112 valence electrons. The van der Waals surface area contributed by atoms with Crippen molar-refractivity contribution >= 4 is 48.5 Å². The van der Waals surface area contributed by atoms with Crippen LogP contribution in [0.2, 0.25) is 5.02 Å². The number of ether oxygens (including phenoxy) is 1. The molecular formula is C13H12BrClN2O3S. The van der Waals surface area contributed by atoms with Crippen LogP contribution in [0.25, 0.3) is 10.9 Å². The van der Waals surface area contributed by atoms with Crippen LogP contribution in [0.5, 0.6) is 0 Å². The monoisotopic (exact) mass is 390 g/mol. The fraction of sp³-hybridized carbons (Fsp3) is 0.308. The number of hydrogen-bond donors (Lipinski definition) is 1. The Hall–Kier alpha value is -0.730. The van der Waals surface area contributed by atoms with Crippen molar-refractivity contribution in [2.45, 2.75) is 17.4 Å². The molecule has 1 aromatic heterocycles. The molecule has 1 saturated heterocycles. The zero-order valence-corrected chi connectivity index (χ0v) is 14.0. The van der Waals surface area contributed by atoms with E-state index in [2.05, 4.69) is 25.6 Å². The Morgan fingerprint density at radius 2 is 2.24 bits per heavy atom. The molecule has 1 unspecified atom stereocenters. The van der Waals surface area contributed by atoms with Gasteiger partial charge in [0.25, 0.3) is 0 Å². The number of pyridine rings is 1. The molecular weight excluding hydrogens is 380 g/mol. The number of hydrogen-bond acceptors (Lipinski definition) is 4. The van der Waals surface area contributed by atoms with Gasteiger partial charge in [0.15, 0.2) is 0 Å². The molecule has 5 nitrogen and oxygen atoms in total. The van der Waals surface area contributed by atoms with E-state index in [4.69, 9.17) is 16.3 Å². The smallest absolute Gasteiger partial charge is 0.243 e. The number of nitrogens with one attached hydrogen (secondary N) is 1. The summed E-state index contributed by atoms with van der Waals surface area (Å²) in [5, 5.41) is 0.782. The number of nitrogens with zero attached hydrogens (tertiary/aromatic N) is 1. The third-order valence-electron chi connectivity index (χ3n) is 3.27. The Morgan fingerprint density at radius 3 is 2.95 bits per heavy atom. The van der Waals surface area contributed by atoms with E-state index in [0.29, 0.717) is 30.5 Å². The molecule has 0 amide bonds. The Labute approximate surface area is 135 Å². The average molecular weight is 392 g/mol. The highest BCUT2D eigenvalue weighted by molar-refractivity contribution is 9.10. The molecule has 0 saturated carbocycles. The fourth-order valence-electron chi connectivity index (χ4n) is 2.21. The van der Waals surface area contributed by atoms with E-state index in [1.54, 1.807) is 18.2 Å². The highest BCUT2D eigenvalue weighted by Crippen LogP contribution is 2.30. The van der Waals surface area contributed by atoms with Gasteiger partial charge in [0.05, 0.1) is 17.1 Å². The Bertz CT molecular complexity index is 791. The van der Waals surface area contributed by atoms with Crippen molar-refractivity contribution in [3.63, 3.8) is 0 Å². The number of sulfonamides is 1. The second-order valence-electron chi connectivity index (χ2n) is 4.78. The minimum Gasteiger partial charge on any atom is -0.380 e. The van der Waals surface area contributed by atoms with Crippen molar-refractivity contribution in [3.05, 3.63) is 33.9 Å². The maximum absolute atomic E-state index is 12.4. The van der Waals surface area contributed by atoms with Gasteiger partial charge in [-0.3, -0.25) is 4.98 Å². The number of benzene rings is 1. The minimum atomic E-state index is -3.71.